The number of benzene rings is 2. The molecule has 0 aliphatic carbocycles. The molecule has 0 spiro atoms. The number of alkyl halides is 3. The van der Waals surface area contributed by atoms with Gasteiger partial charge in [-0.15, -0.1) is 0 Å². The van der Waals surface area contributed by atoms with Gasteiger partial charge in [0.25, 0.3) is 5.56 Å². The van der Waals surface area contributed by atoms with E-state index in [1.165, 1.54) is 6.07 Å². The molecule has 1 aliphatic rings. The van der Waals surface area contributed by atoms with Crippen LogP contribution in [0.25, 0.3) is 10.8 Å². The summed E-state index contributed by atoms with van der Waals surface area (Å²) in [5.41, 5.74) is -1.98. The van der Waals surface area contributed by atoms with Gasteiger partial charge in [-0.1, -0.05) is 36.7 Å². The highest BCUT2D eigenvalue weighted by molar-refractivity contribution is 6.30. The van der Waals surface area contributed by atoms with Crippen LogP contribution in [-0.4, -0.2) is 28.8 Å². The van der Waals surface area contributed by atoms with E-state index in [9.17, 15) is 22.8 Å². The predicted octanol–water partition coefficient (Wildman–Crippen LogP) is 4.94. The Labute approximate surface area is 192 Å². The number of nitrogens with one attached hydrogen (secondary N) is 1. The van der Waals surface area contributed by atoms with Crippen LogP contribution in [0.3, 0.4) is 0 Å². The lowest BCUT2D eigenvalue weighted by atomic mass is 10.00. The number of carbonyl (C=O) groups is 1. The first-order valence-electron chi connectivity index (χ1n) is 10.5. The Morgan fingerprint density at radius 1 is 1.21 bits per heavy atom. The second-order valence-electron chi connectivity index (χ2n) is 8.26. The first-order valence-corrected chi connectivity index (χ1v) is 10.9. The van der Waals surface area contributed by atoms with Gasteiger partial charge in [0.2, 0.25) is 5.91 Å². The molecule has 1 unspecified atom stereocenters. The van der Waals surface area contributed by atoms with Crippen LogP contribution in [0, 0.1) is 5.92 Å². The summed E-state index contributed by atoms with van der Waals surface area (Å²) in [7, 11) is 0. The molecule has 6 nitrogen and oxygen atoms in total. The van der Waals surface area contributed by atoms with Crippen molar-refractivity contribution in [3.8, 4) is 0 Å². The van der Waals surface area contributed by atoms with Crippen molar-refractivity contribution in [1.29, 1.82) is 0 Å². The molecule has 3 aromatic rings. The molecule has 1 aliphatic heterocycles. The van der Waals surface area contributed by atoms with Gasteiger partial charge in [-0.05, 0) is 43.0 Å². The van der Waals surface area contributed by atoms with Crippen molar-refractivity contribution < 1.29 is 18.0 Å². The number of rotatable bonds is 4. The first kappa shape index (κ1) is 23.1. The predicted molar refractivity (Wildman–Crippen MR) is 122 cm³/mol. The van der Waals surface area contributed by atoms with Crippen molar-refractivity contribution in [3.05, 3.63) is 63.4 Å². The van der Waals surface area contributed by atoms with Crippen molar-refractivity contribution in [3.63, 3.8) is 0 Å². The Kier molecular flexibility index (Phi) is 6.34. The number of hydrogen-bond donors (Lipinski definition) is 1. The van der Waals surface area contributed by atoms with E-state index in [4.69, 9.17) is 11.6 Å². The maximum Gasteiger partial charge on any atom is 0.418 e. The lowest BCUT2D eigenvalue weighted by molar-refractivity contribution is -0.137. The number of hydrogen-bond acceptors (Lipinski definition) is 4. The van der Waals surface area contributed by atoms with Crippen LogP contribution in [-0.2, 0) is 17.5 Å². The summed E-state index contributed by atoms with van der Waals surface area (Å²) in [5.74, 6) is 0.242. The van der Waals surface area contributed by atoms with Crippen molar-refractivity contribution in [2.45, 2.75) is 32.5 Å². The van der Waals surface area contributed by atoms with Crippen LogP contribution in [0.15, 0.2) is 47.3 Å². The first-order chi connectivity index (χ1) is 15.6. The molecule has 1 aromatic heterocycles. The van der Waals surface area contributed by atoms with Gasteiger partial charge in [0, 0.05) is 23.5 Å². The molecular formula is C23H22ClF3N4O2. The maximum absolute atomic E-state index is 13.4. The third-order valence-electron chi connectivity index (χ3n) is 5.66. The summed E-state index contributed by atoms with van der Waals surface area (Å²) in [6.07, 6.45) is -2.63. The molecule has 0 bridgehead atoms. The zero-order valence-corrected chi connectivity index (χ0v) is 18.6. The molecule has 33 heavy (non-hydrogen) atoms. The van der Waals surface area contributed by atoms with E-state index >= 15 is 0 Å². The topological polar surface area (TPSA) is 67.2 Å². The minimum Gasteiger partial charge on any atom is -0.354 e. The van der Waals surface area contributed by atoms with E-state index in [0.29, 0.717) is 22.5 Å². The summed E-state index contributed by atoms with van der Waals surface area (Å²) in [4.78, 5) is 27.7. The Morgan fingerprint density at radius 2 is 1.94 bits per heavy atom. The van der Waals surface area contributed by atoms with Gasteiger partial charge >= 0.3 is 6.18 Å². The fraction of sp³-hybridized carbons (Fsp3) is 0.348. The van der Waals surface area contributed by atoms with Crippen molar-refractivity contribution >= 4 is 39.8 Å². The number of nitrogens with zero attached hydrogens (tertiary/aromatic N) is 3. The molecule has 0 radical (unpaired) electrons. The van der Waals surface area contributed by atoms with Crippen LogP contribution in [0.1, 0.15) is 25.3 Å². The quantitative estimate of drug-likeness (QED) is 0.576. The number of aromatic nitrogens is 2. The maximum atomic E-state index is 13.4. The molecule has 1 amide bonds. The molecule has 1 N–H and O–H groups in total. The van der Waals surface area contributed by atoms with Crippen LogP contribution >= 0.6 is 11.6 Å². The fourth-order valence-corrected chi connectivity index (χ4v) is 4.30. The summed E-state index contributed by atoms with van der Waals surface area (Å²) in [6, 6.07) is 10.1. The van der Waals surface area contributed by atoms with Gasteiger partial charge in [0.1, 0.15) is 6.54 Å². The molecule has 1 atom stereocenters. The van der Waals surface area contributed by atoms with Gasteiger partial charge < -0.3 is 10.2 Å². The normalized spacial score (nSPS) is 16.8. The molecule has 2 aromatic carbocycles. The van der Waals surface area contributed by atoms with Crippen molar-refractivity contribution in [2.75, 3.05) is 23.3 Å². The second-order valence-corrected chi connectivity index (χ2v) is 8.70. The summed E-state index contributed by atoms with van der Waals surface area (Å²) >= 11 is 5.69. The molecule has 2 heterocycles. The monoisotopic (exact) mass is 478 g/mol. The van der Waals surface area contributed by atoms with Gasteiger partial charge in [-0.3, -0.25) is 9.59 Å². The molecule has 10 heteroatoms. The Hall–Kier alpha value is -3.07. The van der Waals surface area contributed by atoms with E-state index < -0.39 is 35.4 Å². The third kappa shape index (κ3) is 4.98. The molecule has 1 fully saturated rings. The molecule has 174 valence electrons. The highest BCUT2D eigenvalue weighted by Crippen LogP contribution is 2.36. The van der Waals surface area contributed by atoms with E-state index in [0.717, 1.165) is 42.7 Å². The minimum atomic E-state index is -4.70. The zero-order chi connectivity index (χ0) is 23.8. The second kappa shape index (κ2) is 9.05. The van der Waals surface area contributed by atoms with Crippen LogP contribution in [0.2, 0.25) is 5.02 Å². The molecule has 0 saturated carbocycles. The number of amides is 1. The van der Waals surface area contributed by atoms with E-state index in [-0.39, 0.29) is 5.02 Å². The number of piperidine rings is 1. The lowest BCUT2D eigenvalue weighted by Gasteiger charge is -2.32. The highest BCUT2D eigenvalue weighted by Gasteiger charge is 2.34. The van der Waals surface area contributed by atoms with Crippen LogP contribution in [0.5, 0.6) is 0 Å². The Balaban J connectivity index is 1.68. The number of halogens is 4. The summed E-state index contributed by atoms with van der Waals surface area (Å²) in [5, 5.41) is 7.68. The van der Waals surface area contributed by atoms with E-state index in [1.807, 2.05) is 12.1 Å². The van der Waals surface area contributed by atoms with Gasteiger partial charge in [-0.25, -0.2) is 4.68 Å². The molecule has 1 saturated heterocycles. The van der Waals surface area contributed by atoms with E-state index in [2.05, 4.69) is 22.2 Å². The number of fused-ring (bicyclic) bond motifs is 1. The van der Waals surface area contributed by atoms with Crippen LogP contribution < -0.4 is 15.8 Å². The smallest absolute Gasteiger partial charge is 0.354 e. The summed E-state index contributed by atoms with van der Waals surface area (Å²) in [6.45, 7) is 3.15. The Bertz CT molecular complexity index is 1260. The van der Waals surface area contributed by atoms with Crippen LogP contribution in [0.4, 0.5) is 24.7 Å². The lowest BCUT2D eigenvalue weighted by Crippen LogP contribution is -2.38. The molecule has 4 rings (SSSR count). The van der Waals surface area contributed by atoms with Crippen molar-refractivity contribution in [2.24, 2.45) is 5.92 Å². The fourth-order valence-electron chi connectivity index (χ4n) is 4.13. The largest absolute Gasteiger partial charge is 0.418 e. The summed E-state index contributed by atoms with van der Waals surface area (Å²) < 4.78 is 41.1. The van der Waals surface area contributed by atoms with Crippen molar-refractivity contribution in [1.82, 2.24) is 9.78 Å². The van der Waals surface area contributed by atoms with E-state index in [1.54, 1.807) is 12.1 Å². The molecular weight excluding hydrogens is 457 g/mol. The Morgan fingerprint density at radius 3 is 2.64 bits per heavy atom. The highest BCUT2D eigenvalue weighted by atomic mass is 35.5. The number of anilines is 2. The number of carbonyl (C=O) groups excluding carboxylic acids is 1. The third-order valence-corrected chi connectivity index (χ3v) is 5.89. The van der Waals surface area contributed by atoms with Gasteiger partial charge in [0.05, 0.1) is 16.6 Å². The SMILES string of the molecule is CC1CCCN(c2nn(CC(=O)Nc3ccc(Cl)cc3C(F)(F)F)c(=O)c3ccccc23)C1. The average molecular weight is 479 g/mol. The minimum absolute atomic E-state index is 0.104. The standard InChI is InChI=1S/C23H22ClF3N4O2/c1-14-5-4-10-30(12-14)21-16-6-2-3-7-17(16)22(33)31(29-21)13-20(32)28-19-9-8-15(24)11-18(19)23(25,26)27/h2-3,6-9,11,14H,4-5,10,12-13H2,1H3,(H,28,32). The average Bonchev–Trinajstić information content (AvgIpc) is 2.76. The van der Waals surface area contributed by atoms with Gasteiger partial charge in [-0.2, -0.15) is 18.3 Å². The van der Waals surface area contributed by atoms with Gasteiger partial charge in [0.15, 0.2) is 5.82 Å². The zero-order valence-electron chi connectivity index (χ0n) is 17.8.